The first kappa shape index (κ1) is 33.8. The molecule has 15 heteroatoms. The van der Waals surface area contributed by atoms with Crippen molar-refractivity contribution in [2.24, 2.45) is 17.8 Å². The quantitative estimate of drug-likeness (QED) is 0.251. The Balaban J connectivity index is 2.01. The molecule has 3 rings (SSSR count). The first-order valence-electron chi connectivity index (χ1n) is 13.9. The standard InChI is InChI=1S/C28H38O15/c1-8-21(33)36-11-20-23(39-14(4)30)24(40-15(5)31)25(41-16(6)32)28(42-20)43-27-22-12(2)19(38-13(3)29)9-17(22)18(10-37-27)26(34)35-7/h10,12,17,19-20,22-25,27-28H,8-9,11H2,1-7H3/t12-,17+,19-,20+,22+,23+,24-,25+,27-,28-/m0/s1. The first-order chi connectivity index (χ1) is 20.3. The van der Waals surface area contributed by atoms with Crippen LogP contribution in [0.4, 0.5) is 0 Å². The lowest BCUT2D eigenvalue weighted by molar-refractivity contribution is -0.345. The maximum atomic E-state index is 12.5. The van der Waals surface area contributed by atoms with Gasteiger partial charge in [0.25, 0.3) is 0 Å². The molecule has 240 valence electrons. The van der Waals surface area contributed by atoms with Gasteiger partial charge in [-0.15, -0.1) is 0 Å². The van der Waals surface area contributed by atoms with Gasteiger partial charge in [0, 0.05) is 51.9 Å². The molecule has 3 aliphatic rings. The minimum absolute atomic E-state index is 0.0452. The van der Waals surface area contributed by atoms with Crippen LogP contribution in [0.25, 0.3) is 0 Å². The van der Waals surface area contributed by atoms with Crippen molar-refractivity contribution in [3.63, 3.8) is 0 Å². The minimum atomic E-state index is -1.51. The second kappa shape index (κ2) is 14.6. The summed E-state index contributed by atoms with van der Waals surface area (Å²) in [7, 11) is 1.22. The van der Waals surface area contributed by atoms with Crippen LogP contribution in [0.1, 0.15) is 54.4 Å². The number of hydrogen-bond acceptors (Lipinski definition) is 15. The summed E-state index contributed by atoms with van der Waals surface area (Å²) in [6.45, 7) is 7.56. The van der Waals surface area contributed by atoms with Crippen LogP contribution in [0.3, 0.4) is 0 Å². The number of esters is 6. The van der Waals surface area contributed by atoms with Gasteiger partial charge in [-0.25, -0.2) is 4.79 Å². The molecule has 1 saturated carbocycles. The summed E-state index contributed by atoms with van der Waals surface area (Å²) >= 11 is 0. The fourth-order valence-corrected chi connectivity index (χ4v) is 5.64. The minimum Gasteiger partial charge on any atom is -0.472 e. The van der Waals surface area contributed by atoms with Gasteiger partial charge in [0.15, 0.2) is 18.3 Å². The number of methoxy groups -OCH3 is 1. The Morgan fingerprint density at radius 3 is 1.98 bits per heavy atom. The third kappa shape index (κ3) is 8.22. The van der Waals surface area contributed by atoms with Gasteiger partial charge in [-0.1, -0.05) is 13.8 Å². The highest BCUT2D eigenvalue weighted by Gasteiger charge is 2.57. The van der Waals surface area contributed by atoms with E-state index in [9.17, 15) is 28.8 Å². The zero-order chi connectivity index (χ0) is 32.0. The normalized spacial score (nSPS) is 33.0. The van der Waals surface area contributed by atoms with E-state index in [1.54, 1.807) is 13.8 Å². The smallest absolute Gasteiger partial charge is 0.337 e. The topological polar surface area (TPSA) is 185 Å². The van der Waals surface area contributed by atoms with Crippen LogP contribution in [0.15, 0.2) is 11.8 Å². The van der Waals surface area contributed by atoms with Crippen LogP contribution >= 0.6 is 0 Å². The van der Waals surface area contributed by atoms with Crippen molar-refractivity contribution in [1.82, 2.24) is 0 Å². The van der Waals surface area contributed by atoms with Gasteiger partial charge in [0.2, 0.25) is 12.6 Å². The fraction of sp³-hybridized carbons (Fsp3) is 0.714. The Morgan fingerprint density at radius 1 is 0.837 bits per heavy atom. The predicted molar refractivity (Wildman–Crippen MR) is 139 cm³/mol. The molecule has 0 radical (unpaired) electrons. The Labute approximate surface area is 248 Å². The maximum Gasteiger partial charge on any atom is 0.337 e. The summed E-state index contributed by atoms with van der Waals surface area (Å²) in [5.41, 5.74) is 0.215. The summed E-state index contributed by atoms with van der Waals surface area (Å²) in [6, 6.07) is 0. The van der Waals surface area contributed by atoms with Gasteiger partial charge in [0.1, 0.15) is 18.8 Å². The SMILES string of the molecule is CCC(=O)OC[C@H]1O[C@@H](O[C@@H]2OC=C(C(=O)OC)[C@H]3C[C@H](OC(C)=O)[C@H](C)[C@@H]23)[C@H](OC(C)=O)[C@@H](OC(C)=O)[C@@H]1OC(C)=O. The third-order valence-electron chi connectivity index (χ3n) is 7.39. The van der Waals surface area contributed by atoms with E-state index >= 15 is 0 Å². The van der Waals surface area contributed by atoms with E-state index in [0.29, 0.717) is 0 Å². The van der Waals surface area contributed by atoms with Gasteiger partial charge in [0.05, 0.1) is 18.9 Å². The van der Waals surface area contributed by atoms with Crippen LogP contribution in [0.2, 0.25) is 0 Å². The number of carbonyl (C=O) groups excluding carboxylic acids is 6. The molecule has 1 saturated heterocycles. The second-order valence-corrected chi connectivity index (χ2v) is 10.4. The summed E-state index contributed by atoms with van der Waals surface area (Å²) in [4.78, 5) is 72.7. The van der Waals surface area contributed by atoms with E-state index in [1.807, 2.05) is 0 Å². The number of fused-ring (bicyclic) bond motifs is 1. The van der Waals surface area contributed by atoms with E-state index in [2.05, 4.69) is 0 Å². The highest BCUT2D eigenvalue weighted by Crippen LogP contribution is 2.49. The molecule has 0 aromatic heterocycles. The molecule has 0 bridgehead atoms. The van der Waals surface area contributed by atoms with Crippen molar-refractivity contribution in [2.75, 3.05) is 13.7 Å². The molecule has 2 fully saturated rings. The van der Waals surface area contributed by atoms with Gasteiger partial charge in [-0.2, -0.15) is 0 Å². The molecule has 10 atom stereocenters. The molecule has 1 aliphatic carbocycles. The lowest BCUT2D eigenvalue weighted by Crippen LogP contribution is -2.63. The largest absolute Gasteiger partial charge is 0.472 e. The molecule has 43 heavy (non-hydrogen) atoms. The number of ether oxygens (including phenoxy) is 9. The third-order valence-corrected chi connectivity index (χ3v) is 7.39. The molecule has 0 aromatic carbocycles. The molecule has 0 amide bonds. The van der Waals surface area contributed by atoms with E-state index < -0.39 is 97.4 Å². The van der Waals surface area contributed by atoms with Crippen molar-refractivity contribution in [3.8, 4) is 0 Å². The molecule has 0 aromatic rings. The Morgan fingerprint density at radius 2 is 1.42 bits per heavy atom. The summed E-state index contributed by atoms with van der Waals surface area (Å²) < 4.78 is 50.2. The molecule has 0 unspecified atom stereocenters. The van der Waals surface area contributed by atoms with Crippen LogP contribution < -0.4 is 0 Å². The molecular weight excluding hydrogens is 576 g/mol. The predicted octanol–water partition coefficient (Wildman–Crippen LogP) is 1.09. The van der Waals surface area contributed by atoms with Gasteiger partial charge < -0.3 is 42.6 Å². The molecule has 2 heterocycles. The number of hydrogen-bond donors (Lipinski definition) is 0. The average Bonchev–Trinajstić information content (AvgIpc) is 3.24. The molecule has 2 aliphatic heterocycles. The van der Waals surface area contributed by atoms with Crippen molar-refractivity contribution in [1.29, 1.82) is 0 Å². The summed E-state index contributed by atoms with van der Waals surface area (Å²) in [5.74, 6) is -5.56. The van der Waals surface area contributed by atoms with E-state index in [4.69, 9.17) is 42.6 Å². The van der Waals surface area contributed by atoms with Crippen molar-refractivity contribution in [2.45, 2.75) is 97.5 Å². The zero-order valence-corrected chi connectivity index (χ0v) is 25.1. The van der Waals surface area contributed by atoms with E-state index in [-0.39, 0.29) is 24.3 Å². The van der Waals surface area contributed by atoms with Crippen LogP contribution in [0.5, 0.6) is 0 Å². The Kier molecular flexibility index (Phi) is 11.5. The van der Waals surface area contributed by atoms with E-state index in [0.717, 1.165) is 20.8 Å². The van der Waals surface area contributed by atoms with Crippen molar-refractivity contribution in [3.05, 3.63) is 11.8 Å². The lowest BCUT2D eigenvalue weighted by atomic mass is 9.83. The Bertz CT molecular complexity index is 1120. The monoisotopic (exact) mass is 614 g/mol. The fourth-order valence-electron chi connectivity index (χ4n) is 5.64. The van der Waals surface area contributed by atoms with Crippen LogP contribution in [-0.2, 0) is 71.4 Å². The van der Waals surface area contributed by atoms with Crippen LogP contribution in [0, 0.1) is 17.8 Å². The Hall–Kier alpha value is -3.72. The number of rotatable bonds is 10. The molecule has 15 nitrogen and oxygen atoms in total. The maximum absolute atomic E-state index is 12.5. The molecule has 0 N–H and O–H groups in total. The lowest BCUT2D eigenvalue weighted by Gasteiger charge is -2.46. The summed E-state index contributed by atoms with van der Waals surface area (Å²) in [6.07, 6.45) is -7.25. The first-order valence-corrected chi connectivity index (χ1v) is 13.9. The molecular formula is C28H38O15. The van der Waals surface area contributed by atoms with Gasteiger partial charge in [-0.3, -0.25) is 24.0 Å². The van der Waals surface area contributed by atoms with Crippen molar-refractivity contribution < 1.29 is 71.4 Å². The van der Waals surface area contributed by atoms with Gasteiger partial charge >= 0.3 is 35.8 Å². The highest BCUT2D eigenvalue weighted by molar-refractivity contribution is 5.89. The zero-order valence-electron chi connectivity index (χ0n) is 25.1. The van der Waals surface area contributed by atoms with E-state index in [1.165, 1.54) is 20.3 Å². The second-order valence-electron chi connectivity index (χ2n) is 10.4. The number of carbonyl (C=O) groups is 6. The average molecular weight is 615 g/mol. The van der Waals surface area contributed by atoms with Crippen LogP contribution in [-0.4, -0.2) is 92.6 Å². The molecule has 0 spiro atoms. The van der Waals surface area contributed by atoms with Crippen molar-refractivity contribution >= 4 is 35.8 Å². The highest BCUT2D eigenvalue weighted by atomic mass is 16.8. The summed E-state index contributed by atoms with van der Waals surface area (Å²) in [5, 5.41) is 0. The van der Waals surface area contributed by atoms with Gasteiger partial charge in [-0.05, 0) is 6.42 Å².